The highest BCUT2D eigenvalue weighted by Gasteiger charge is 2.41. The topological polar surface area (TPSA) is 62.8 Å². The van der Waals surface area contributed by atoms with Crippen molar-refractivity contribution in [1.29, 1.82) is 0 Å². The molecule has 1 aromatic rings. The van der Waals surface area contributed by atoms with E-state index in [4.69, 9.17) is 4.74 Å². The highest BCUT2D eigenvalue weighted by atomic mass is 35.5. The smallest absolute Gasteiger partial charge is 0.387 e. The molecule has 2 N–H and O–H groups in total. The number of ether oxygens (including phenoxy) is 2. The van der Waals surface area contributed by atoms with Gasteiger partial charge in [0.1, 0.15) is 5.75 Å². The van der Waals surface area contributed by atoms with Gasteiger partial charge < -0.3 is 25.0 Å². The first-order chi connectivity index (χ1) is 13.0. The Morgan fingerprint density at radius 1 is 1.31 bits per heavy atom. The fourth-order valence-electron chi connectivity index (χ4n) is 3.97. The number of anilines is 1. The lowest BCUT2D eigenvalue weighted by molar-refractivity contribution is -0.136. The summed E-state index contributed by atoms with van der Waals surface area (Å²) in [5.41, 5.74) is 0.132. The number of rotatable bonds is 7. The highest BCUT2D eigenvalue weighted by molar-refractivity contribution is 5.85. The zero-order valence-corrected chi connectivity index (χ0v) is 18.0. The third-order valence-corrected chi connectivity index (χ3v) is 5.41. The molecular formula is C19H29Cl2F2N3O3. The zero-order valence-electron chi connectivity index (χ0n) is 16.4. The molecule has 1 aromatic carbocycles. The lowest BCUT2D eigenvalue weighted by Gasteiger charge is -2.36. The number of piperidine rings is 1. The quantitative estimate of drug-likeness (QED) is 0.661. The molecule has 0 aliphatic carbocycles. The molecule has 0 radical (unpaired) electrons. The first kappa shape index (κ1) is 25.7. The second kappa shape index (κ2) is 11.7. The van der Waals surface area contributed by atoms with Gasteiger partial charge in [0.25, 0.3) is 0 Å². The third kappa shape index (κ3) is 6.31. The maximum absolute atomic E-state index is 13.0. The van der Waals surface area contributed by atoms with E-state index in [-0.39, 0.29) is 42.5 Å². The van der Waals surface area contributed by atoms with Crippen LogP contribution in [0.2, 0.25) is 0 Å². The van der Waals surface area contributed by atoms with Crippen LogP contribution in [0.3, 0.4) is 0 Å². The summed E-state index contributed by atoms with van der Waals surface area (Å²) in [5, 5.41) is 6.43. The van der Waals surface area contributed by atoms with Gasteiger partial charge in [-0.1, -0.05) is 12.1 Å². The number of nitrogens with one attached hydrogen (secondary N) is 2. The number of amides is 1. The molecule has 2 aliphatic heterocycles. The molecule has 0 bridgehead atoms. The Bertz CT molecular complexity index is 643. The number of nitrogens with zero attached hydrogens (tertiary/aromatic N) is 1. The summed E-state index contributed by atoms with van der Waals surface area (Å²) in [6.45, 7) is 0.377. The Kier molecular flexibility index (Phi) is 10.4. The van der Waals surface area contributed by atoms with Crippen LogP contribution in [0.5, 0.6) is 5.75 Å². The molecule has 0 spiro atoms. The number of methoxy groups -OCH3 is 1. The van der Waals surface area contributed by atoms with Gasteiger partial charge >= 0.3 is 6.61 Å². The average Bonchev–Trinajstić information content (AvgIpc) is 3.11. The van der Waals surface area contributed by atoms with Crippen LogP contribution in [0.4, 0.5) is 14.5 Å². The van der Waals surface area contributed by atoms with Crippen LogP contribution >= 0.6 is 24.8 Å². The molecule has 10 heteroatoms. The predicted molar refractivity (Wildman–Crippen MR) is 113 cm³/mol. The van der Waals surface area contributed by atoms with E-state index in [9.17, 15) is 13.6 Å². The number of benzene rings is 1. The van der Waals surface area contributed by atoms with E-state index in [1.165, 1.54) is 6.07 Å². The van der Waals surface area contributed by atoms with Gasteiger partial charge in [0.15, 0.2) is 0 Å². The first-order valence-electron chi connectivity index (χ1n) is 9.33. The van der Waals surface area contributed by atoms with Crippen molar-refractivity contribution in [3.05, 3.63) is 24.3 Å². The van der Waals surface area contributed by atoms with E-state index in [0.29, 0.717) is 25.4 Å². The Labute approximate surface area is 182 Å². The van der Waals surface area contributed by atoms with Crippen molar-refractivity contribution >= 4 is 36.4 Å². The van der Waals surface area contributed by atoms with Crippen LogP contribution in [0.1, 0.15) is 19.3 Å². The molecule has 1 atom stereocenters. The molecule has 2 saturated heterocycles. The summed E-state index contributed by atoms with van der Waals surface area (Å²) in [6, 6.07) is 6.74. The van der Waals surface area contributed by atoms with Crippen molar-refractivity contribution in [2.45, 2.75) is 31.9 Å². The van der Waals surface area contributed by atoms with Gasteiger partial charge in [0.05, 0.1) is 17.7 Å². The normalized spacial score (nSPS) is 20.6. The Morgan fingerprint density at radius 3 is 2.66 bits per heavy atom. The van der Waals surface area contributed by atoms with Crippen molar-refractivity contribution in [2.24, 2.45) is 5.41 Å². The van der Waals surface area contributed by atoms with Crippen molar-refractivity contribution in [1.82, 2.24) is 10.6 Å². The average molecular weight is 456 g/mol. The molecule has 1 unspecified atom stereocenters. The number of hydrogen-bond donors (Lipinski definition) is 2. The maximum Gasteiger partial charge on any atom is 0.387 e. The van der Waals surface area contributed by atoms with Crippen LogP contribution in [0.25, 0.3) is 0 Å². The van der Waals surface area contributed by atoms with Crippen LogP contribution in [-0.4, -0.2) is 58.5 Å². The number of carbonyl (C=O) groups is 1. The minimum atomic E-state index is -2.86. The summed E-state index contributed by atoms with van der Waals surface area (Å²) in [4.78, 5) is 14.9. The lowest BCUT2D eigenvalue weighted by Crippen LogP contribution is -2.52. The third-order valence-electron chi connectivity index (χ3n) is 5.41. The monoisotopic (exact) mass is 455 g/mol. The second-order valence-corrected chi connectivity index (χ2v) is 7.21. The standard InChI is InChI=1S/C19H27F2N3O3.2ClH/c1-26-13-19(7-9-22-10-8-19)17(25)23-14-6-11-24(12-14)15-4-2-3-5-16(15)27-18(20)21;;/h2-5,14,18,22H,6-13H2,1H3,(H,23,25);2*1H. The van der Waals surface area contributed by atoms with E-state index in [2.05, 4.69) is 15.4 Å². The number of halogens is 4. The van der Waals surface area contributed by atoms with Crippen molar-refractivity contribution in [3.8, 4) is 5.75 Å². The Morgan fingerprint density at radius 2 is 2.00 bits per heavy atom. The van der Waals surface area contributed by atoms with E-state index >= 15 is 0 Å². The van der Waals surface area contributed by atoms with Crippen LogP contribution in [0, 0.1) is 5.41 Å². The molecule has 0 saturated carbocycles. The van der Waals surface area contributed by atoms with Crippen LogP contribution in [0.15, 0.2) is 24.3 Å². The van der Waals surface area contributed by atoms with E-state index < -0.39 is 12.0 Å². The second-order valence-electron chi connectivity index (χ2n) is 7.21. The van der Waals surface area contributed by atoms with Crippen molar-refractivity contribution in [2.75, 3.05) is 44.8 Å². The van der Waals surface area contributed by atoms with Crippen molar-refractivity contribution in [3.63, 3.8) is 0 Å². The first-order valence-corrected chi connectivity index (χ1v) is 9.33. The largest absolute Gasteiger partial charge is 0.433 e. The van der Waals surface area contributed by atoms with Gasteiger partial charge in [0, 0.05) is 26.2 Å². The van der Waals surface area contributed by atoms with Crippen molar-refractivity contribution < 1.29 is 23.0 Å². The number of hydrogen-bond acceptors (Lipinski definition) is 5. The zero-order chi connectivity index (χ0) is 19.3. The Hall–Kier alpha value is -1.35. The van der Waals surface area contributed by atoms with Gasteiger partial charge in [-0.15, -0.1) is 24.8 Å². The molecule has 6 nitrogen and oxygen atoms in total. The fourth-order valence-corrected chi connectivity index (χ4v) is 3.97. The van der Waals surface area contributed by atoms with Crippen LogP contribution in [-0.2, 0) is 9.53 Å². The molecule has 2 heterocycles. The van der Waals surface area contributed by atoms with Crippen LogP contribution < -0.4 is 20.3 Å². The predicted octanol–water partition coefficient (Wildman–Crippen LogP) is 2.84. The van der Waals surface area contributed by atoms with Gasteiger partial charge in [-0.05, 0) is 44.5 Å². The SMILES string of the molecule is COCC1(C(=O)NC2CCN(c3ccccc3OC(F)F)C2)CCNCC1.Cl.Cl. The molecule has 2 aliphatic rings. The summed E-state index contributed by atoms with van der Waals surface area (Å²) in [6.07, 6.45) is 2.25. The molecule has 166 valence electrons. The summed E-state index contributed by atoms with van der Waals surface area (Å²) in [5.74, 6) is 0.184. The maximum atomic E-state index is 13.0. The minimum absolute atomic E-state index is 0. The van der Waals surface area contributed by atoms with E-state index in [1.807, 2.05) is 4.90 Å². The summed E-state index contributed by atoms with van der Waals surface area (Å²) < 4.78 is 35.2. The van der Waals surface area contributed by atoms with Gasteiger partial charge in [-0.2, -0.15) is 8.78 Å². The van der Waals surface area contributed by atoms with E-state index in [0.717, 1.165) is 32.4 Å². The van der Waals surface area contributed by atoms with Gasteiger partial charge in [0.2, 0.25) is 5.91 Å². The Balaban J connectivity index is 0.00000210. The summed E-state index contributed by atoms with van der Waals surface area (Å²) in [7, 11) is 1.62. The minimum Gasteiger partial charge on any atom is -0.433 e. The molecule has 3 rings (SSSR count). The fraction of sp³-hybridized carbons (Fsp3) is 0.632. The van der Waals surface area contributed by atoms with Gasteiger partial charge in [-0.3, -0.25) is 4.79 Å². The summed E-state index contributed by atoms with van der Waals surface area (Å²) >= 11 is 0. The molecule has 0 aromatic heterocycles. The molecular weight excluding hydrogens is 427 g/mol. The highest BCUT2D eigenvalue weighted by Crippen LogP contribution is 2.33. The van der Waals surface area contributed by atoms with E-state index in [1.54, 1.807) is 25.3 Å². The number of para-hydroxylation sites is 2. The van der Waals surface area contributed by atoms with Gasteiger partial charge in [-0.25, -0.2) is 0 Å². The molecule has 29 heavy (non-hydrogen) atoms. The number of carbonyl (C=O) groups excluding carboxylic acids is 1. The molecule has 1 amide bonds. The number of alkyl halides is 2. The molecule has 2 fully saturated rings. The lowest BCUT2D eigenvalue weighted by atomic mass is 9.78.